The first kappa shape index (κ1) is 57.4. The van der Waals surface area contributed by atoms with E-state index in [-0.39, 0.29) is 31.1 Å². The number of hydrogen-bond donors (Lipinski definition) is 0. The molecule has 1 atom stereocenters. The molecule has 0 aromatic heterocycles. The van der Waals surface area contributed by atoms with Gasteiger partial charge in [-0.1, -0.05) is 191 Å². The van der Waals surface area contributed by atoms with E-state index >= 15 is 0 Å². The Labute approximate surface area is 371 Å². The molecule has 60 heavy (non-hydrogen) atoms. The van der Waals surface area contributed by atoms with Gasteiger partial charge in [-0.2, -0.15) is 0 Å². The van der Waals surface area contributed by atoms with Crippen LogP contribution in [0.3, 0.4) is 0 Å². The van der Waals surface area contributed by atoms with Crippen molar-refractivity contribution in [1.82, 2.24) is 0 Å². The Bertz CT molecular complexity index is 1060. The molecule has 0 bridgehead atoms. The molecular weight excluding hydrogens is 745 g/mol. The zero-order valence-corrected chi connectivity index (χ0v) is 39.7. The largest absolute Gasteiger partial charge is 0.462 e. The summed E-state index contributed by atoms with van der Waals surface area (Å²) in [4.78, 5) is 37.8. The highest BCUT2D eigenvalue weighted by Gasteiger charge is 2.19. The van der Waals surface area contributed by atoms with Gasteiger partial charge in [0.25, 0.3) is 0 Å². The van der Waals surface area contributed by atoms with Crippen molar-refractivity contribution in [2.45, 2.75) is 264 Å². The van der Waals surface area contributed by atoms with Gasteiger partial charge >= 0.3 is 17.9 Å². The highest BCUT2D eigenvalue weighted by Crippen LogP contribution is 2.14. The second-order valence-electron chi connectivity index (χ2n) is 17.0. The summed E-state index contributed by atoms with van der Waals surface area (Å²) in [5.41, 5.74) is 0. The van der Waals surface area contributed by atoms with Crippen LogP contribution in [0.5, 0.6) is 0 Å². The van der Waals surface area contributed by atoms with Crippen LogP contribution in [0.1, 0.15) is 258 Å². The maximum absolute atomic E-state index is 12.7. The van der Waals surface area contributed by atoms with E-state index < -0.39 is 6.10 Å². The van der Waals surface area contributed by atoms with Crippen molar-refractivity contribution in [3.63, 3.8) is 0 Å². The zero-order chi connectivity index (χ0) is 43.7. The molecule has 1 unspecified atom stereocenters. The van der Waals surface area contributed by atoms with Gasteiger partial charge in [0.15, 0.2) is 6.10 Å². The molecule has 6 heteroatoms. The SMILES string of the molecule is CC/C=C\C/C=C\CCCCC(=O)OCC(COC(=O)CCCCCCCCC/C=C\CCCCCCCCCC)OC(=O)CCCCC/C=C\CCCCCCCCC. The molecule has 0 spiro atoms. The van der Waals surface area contributed by atoms with Gasteiger partial charge in [0.1, 0.15) is 13.2 Å². The lowest BCUT2D eigenvalue weighted by atomic mass is 10.1. The summed E-state index contributed by atoms with van der Waals surface area (Å²) in [7, 11) is 0. The first-order valence-electron chi connectivity index (χ1n) is 25.6. The van der Waals surface area contributed by atoms with Gasteiger partial charge in [-0.3, -0.25) is 14.4 Å². The van der Waals surface area contributed by atoms with Crippen molar-refractivity contribution in [2.75, 3.05) is 13.2 Å². The van der Waals surface area contributed by atoms with E-state index in [1.54, 1.807) is 0 Å². The van der Waals surface area contributed by atoms with Gasteiger partial charge < -0.3 is 14.2 Å². The molecule has 0 aliphatic carbocycles. The average molecular weight is 841 g/mol. The summed E-state index contributed by atoms with van der Waals surface area (Å²) in [5.74, 6) is -0.945. The molecule has 0 aliphatic rings. The number of rotatable bonds is 46. The topological polar surface area (TPSA) is 78.9 Å². The van der Waals surface area contributed by atoms with Gasteiger partial charge in [-0.15, -0.1) is 0 Å². The fourth-order valence-electron chi connectivity index (χ4n) is 7.17. The van der Waals surface area contributed by atoms with Crippen molar-refractivity contribution < 1.29 is 28.6 Å². The van der Waals surface area contributed by atoms with Crippen LogP contribution in [0.25, 0.3) is 0 Å². The van der Waals surface area contributed by atoms with Gasteiger partial charge in [0.05, 0.1) is 0 Å². The molecular formula is C54H96O6. The third-order valence-corrected chi connectivity index (χ3v) is 11.0. The van der Waals surface area contributed by atoms with Crippen LogP contribution >= 0.6 is 0 Å². The quantitative estimate of drug-likeness (QED) is 0.0263. The fourth-order valence-corrected chi connectivity index (χ4v) is 7.17. The van der Waals surface area contributed by atoms with Crippen LogP contribution in [0, 0.1) is 0 Å². The minimum atomic E-state index is -0.793. The first-order chi connectivity index (χ1) is 29.5. The summed E-state index contributed by atoms with van der Waals surface area (Å²) in [6.07, 6.45) is 58.3. The second kappa shape index (κ2) is 49.0. The van der Waals surface area contributed by atoms with Crippen molar-refractivity contribution in [1.29, 1.82) is 0 Å². The predicted molar refractivity (Wildman–Crippen MR) is 256 cm³/mol. The molecule has 0 heterocycles. The number of carbonyl (C=O) groups excluding carboxylic acids is 3. The molecule has 348 valence electrons. The van der Waals surface area contributed by atoms with Crippen LogP contribution in [0.2, 0.25) is 0 Å². The van der Waals surface area contributed by atoms with E-state index in [4.69, 9.17) is 14.2 Å². The Morgan fingerprint density at radius 2 is 0.650 bits per heavy atom. The van der Waals surface area contributed by atoms with E-state index in [2.05, 4.69) is 69.4 Å². The molecule has 0 saturated heterocycles. The zero-order valence-electron chi connectivity index (χ0n) is 39.7. The number of ether oxygens (including phenoxy) is 3. The van der Waals surface area contributed by atoms with Crippen molar-refractivity contribution in [2.24, 2.45) is 0 Å². The molecule has 0 N–H and O–H groups in total. The summed E-state index contributed by atoms with van der Waals surface area (Å²) >= 11 is 0. The predicted octanol–water partition coefficient (Wildman–Crippen LogP) is 16.7. The van der Waals surface area contributed by atoms with E-state index in [1.165, 1.54) is 135 Å². The lowest BCUT2D eigenvalue weighted by molar-refractivity contribution is -0.167. The lowest BCUT2D eigenvalue weighted by Gasteiger charge is -2.18. The van der Waals surface area contributed by atoms with E-state index in [1.807, 2.05) is 0 Å². The van der Waals surface area contributed by atoms with E-state index in [0.717, 1.165) is 83.5 Å². The van der Waals surface area contributed by atoms with Crippen molar-refractivity contribution in [3.8, 4) is 0 Å². The molecule has 0 radical (unpaired) electrons. The molecule has 0 amide bonds. The Kier molecular flexibility index (Phi) is 46.9. The monoisotopic (exact) mass is 841 g/mol. The maximum Gasteiger partial charge on any atom is 0.306 e. The van der Waals surface area contributed by atoms with Crippen LogP contribution in [-0.2, 0) is 28.6 Å². The number of esters is 3. The summed E-state index contributed by atoms with van der Waals surface area (Å²) in [5, 5.41) is 0. The molecule has 6 nitrogen and oxygen atoms in total. The Balaban J connectivity index is 4.32. The Morgan fingerprint density at radius 1 is 0.350 bits per heavy atom. The average Bonchev–Trinajstić information content (AvgIpc) is 3.24. The second-order valence-corrected chi connectivity index (χ2v) is 17.0. The Morgan fingerprint density at radius 3 is 1.07 bits per heavy atom. The molecule has 0 aromatic rings. The number of hydrogen-bond acceptors (Lipinski definition) is 6. The minimum Gasteiger partial charge on any atom is -0.462 e. The van der Waals surface area contributed by atoms with Crippen molar-refractivity contribution in [3.05, 3.63) is 48.6 Å². The molecule has 0 aromatic carbocycles. The van der Waals surface area contributed by atoms with E-state index in [9.17, 15) is 14.4 Å². The summed E-state index contributed by atoms with van der Waals surface area (Å²) < 4.78 is 16.7. The van der Waals surface area contributed by atoms with E-state index in [0.29, 0.717) is 19.3 Å². The lowest BCUT2D eigenvalue weighted by Crippen LogP contribution is -2.30. The van der Waals surface area contributed by atoms with Crippen LogP contribution < -0.4 is 0 Å². The number of allylic oxidation sites excluding steroid dienone is 8. The molecule has 0 saturated carbocycles. The summed E-state index contributed by atoms with van der Waals surface area (Å²) in [6, 6.07) is 0. The molecule has 0 aliphatic heterocycles. The third kappa shape index (κ3) is 46.4. The highest BCUT2D eigenvalue weighted by molar-refractivity contribution is 5.71. The maximum atomic E-state index is 12.7. The smallest absolute Gasteiger partial charge is 0.306 e. The van der Waals surface area contributed by atoms with Crippen LogP contribution in [-0.4, -0.2) is 37.2 Å². The van der Waals surface area contributed by atoms with Crippen LogP contribution in [0.4, 0.5) is 0 Å². The van der Waals surface area contributed by atoms with Gasteiger partial charge in [-0.25, -0.2) is 0 Å². The van der Waals surface area contributed by atoms with Gasteiger partial charge in [0.2, 0.25) is 0 Å². The normalized spacial score (nSPS) is 12.4. The summed E-state index contributed by atoms with van der Waals surface area (Å²) in [6.45, 7) is 6.47. The van der Waals surface area contributed by atoms with Crippen molar-refractivity contribution >= 4 is 17.9 Å². The number of unbranched alkanes of at least 4 members (excludes halogenated alkanes) is 27. The Hall–Kier alpha value is -2.63. The standard InChI is InChI=1S/C54H96O6/c1-4-7-10-13-16-19-21-23-25-26-27-28-29-31-32-35-38-41-44-47-53(56)59-50-51(49-58-52(55)46-43-40-37-34-18-15-12-9-6-3)60-54(57)48-45-42-39-36-33-30-24-22-20-17-14-11-8-5-2/h9,12,18,26-27,30,33-34,51H,4-8,10-11,13-17,19-25,28-29,31-32,35-50H2,1-3H3/b12-9-,27-26-,33-30-,34-18-. The molecule has 0 fully saturated rings. The van der Waals surface area contributed by atoms with Crippen LogP contribution in [0.15, 0.2) is 48.6 Å². The fraction of sp³-hybridized carbons (Fsp3) is 0.796. The molecule has 0 rings (SSSR count). The first-order valence-corrected chi connectivity index (χ1v) is 25.6. The highest BCUT2D eigenvalue weighted by atomic mass is 16.6. The minimum absolute atomic E-state index is 0.0910. The van der Waals surface area contributed by atoms with Gasteiger partial charge in [0, 0.05) is 19.3 Å². The number of carbonyl (C=O) groups is 3. The van der Waals surface area contributed by atoms with Gasteiger partial charge in [-0.05, 0) is 96.3 Å². The third-order valence-electron chi connectivity index (χ3n) is 11.0.